The molecule has 0 spiro atoms. The van der Waals surface area contributed by atoms with Crippen molar-refractivity contribution in [3.05, 3.63) is 32.6 Å². The van der Waals surface area contributed by atoms with Gasteiger partial charge in [-0.2, -0.15) is 0 Å². The van der Waals surface area contributed by atoms with Crippen molar-refractivity contribution in [2.45, 2.75) is 40.5 Å². The summed E-state index contributed by atoms with van der Waals surface area (Å²) in [6, 6.07) is 0. The first-order valence-electron chi connectivity index (χ1n) is 4.98. The zero-order valence-corrected chi connectivity index (χ0v) is 9.79. The van der Waals surface area contributed by atoms with Crippen LogP contribution in [0.2, 0.25) is 0 Å². The summed E-state index contributed by atoms with van der Waals surface area (Å²) < 4.78 is 0. The Balaban J connectivity index is 3.58. The number of aryl methyl sites for hydroxylation is 1. The molecule has 0 amide bonds. The lowest BCUT2D eigenvalue weighted by atomic mass is 10.0. The van der Waals surface area contributed by atoms with E-state index in [0.29, 0.717) is 5.69 Å². The molecule has 0 aliphatic carbocycles. The van der Waals surface area contributed by atoms with Crippen molar-refractivity contribution < 1.29 is 4.92 Å². The molecule has 0 saturated carbocycles. The molecule has 82 valence electrons. The molecular weight excluding hydrogens is 192 g/mol. The van der Waals surface area contributed by atoms with Crippen LogP contribution in [0.3, 0.4) is 0 Å². The normalized spacial score (nSPS) is 10.8. The number of hydrogen-bond donors (Lipinski definition) is 0. The first-order valence-corrected chi connectivity index (χ1v) is 4.98. The molecule has 15 heavy (non-hydrogen) atoms. The molecule has 0 aliphatic rings. The fourth-order valence-electron chi connectivity index (χ4n) is 1.59. The average Bonchev–Trinajstić information content (AvgIpc) is 2.12. The van der Waals surface area contributed by atoms with Crippen LogP contribution in [-0.2, 0) is 0 Å². The maximum atomic E-state index is 11.0. The van der Waals surface area contributed by atoms with Gasteiger partial charge in [-0.15, -0.1) is 0 Å². The Hall–Kier alpha value is -1.45. The van der Waals surface area contributed by atoms with Gasteiger partial charge in [0.05, 0.1) is 4.92 Å². The summed E-state index contributed by atoms with van der Waals surface area (Å²) >= 11 is 0. The minimum absolute atomic E-state index is 0.0726. The summed E-state index contributed by atoms with van der Waals surface area (Å²) in [5.74, 6) is 0.0726. The van der Waals surface area contributed by atoms with Gasteiger partial charge in [0.15, 0.2) is 0 Å². The van der Waals surface area contributed by atoms with Crippen molar-refractivity contribution in [2.24, 2.45) is 0 Å². The summed E-state index contributed by atoms with van der Waals surface area (Å²) in [5, 5.41) is 11.0. The van der Waals surface area contributed by atoms with E-state index < -0.39 is 0 Å². The predicted molar refractivity (Wildman–Crippen MR) is 59.2 cm³/mol. The van der Waals surface area contributed by atoms with Crippen LogP contribution >= 0.6 is 0 Å². The SMILES string of the molecule is Cc1nc(C(C)C)c([N+](=O)[O-])c(C)c1C. The van der Waals surface area contributed by atoms with Crippen molar-refractivity contribution in [2.75, 3.05) is 0 Å². The largest absolute Gasteiger partial charge is 0.294 e. The van der Waals surface area contributed by atoms with Crippen molar-refractivity contribution in [3.63, 3.8) is 0 Å². The Morgan fingerprint density at radius 3 is 2.13 bits per heavy atom. The summed E-state index contributed by atoms with van der Waals surface area (Å²) in [6.45, 7) is 9.38. The van der Waals surface area contributed by atoms with Crippen LogP contribution in [0.1, 0.15) is 42.3 Å². The minimum atomic E-state index is -0.329. The van der Waals surface area contributed by atoms with Gasteiger partial charge in [0.2, 0.25) is 0 Å². The number of pyridine rings is 1. The molecule has 1 aromatic heterocycles. The van der Waals surface area contributed by atoms with E-state index in [1.165, 1.54) is 0 Å². The van der Waals surface area contributed by atoms with Crippen molar-refractivity contribution in [1.29, 1.82) is 0 Å². The maximum Gasteiger partial charge on any atom is 0.294 e. The molecular formula is C11H16N2O2. The predicted octanol–water partition coefficient (Wildman–Crippen LogP) is 3.04. The van der Waals surface area contributed by atoms with Crippen LogP contribution in [0.25, 0.3) is 0 Å². The highest BCUT2D eigenvalue weighted by molar-refractivity contribution is 5.50. The lowest BCUT2D eigenvalue weighted by Gasteiger charge is -2.11. The molecule has 0 aromatic carbocycles. The van der Waals surface area contributed by atoms with E-state index in [2.05, 4.69) is 4.98 Å². The molecule has 0 aliphatic heterocycles. The summed E-state index contributed by atoms with van der Waals surface area (Å²) in [4.78, 5) is 15.0. The van der Waals surface area contributed by atoms with Gasteiger partial charge in [0.25, 0.3) is 5.69 Å². The van der Waals surface area contributed by atoms with Crippen molar-refractivity contribution in [3.8, 4) is 0 Å². The number of hydrogen-bond acceptors (Lipinski definition) is 3. The monoisotopic (exact) mass is 208 g/mol. The smallest absolute Gasteiger partial charge is 0.258 e. The van der Waals surface area contributed by atoms with E-state index in [9.17, 15) is 10.1 Å². The number of aromatic nitrogens is 1. The van der Waals surface area contributed by atoms with Crippen molar-refractivity contribution in [1.82, 2.24) is 4.98 Å². The van der Waals surface area contributed by atoms with Gasteiger partial charge in [0, 0.05) is 17.2 Å². The fourth-order valence-corrected chi connectivity index (χ4v) is 1.59. The molecule has 4 nitrogen and oxygen atoms in total. The first kappa shape index (κ1) is 11.6. The molecule has 1 heterocycles. The highest BCUT2D eigenvalue weighted by atomic mass is 16.6. The van der Waals surface area contributed by atoms with Gasteiger partial charge in [-0.05, 0) is 26.3 Å². The second-order valence-corrected chi connectivity index (χ2v) is 4.09. The van der Waals surface area contributed by atoms with Gasteiger partial charge in [-0.25, -0.2) is 0 Å². The Labute approximate surface area is 89.5 Å². The fraction of sp³-hybridized carbons (Fsp3) is 0.545. The molecule has 1 rings (SSSR count). The van der Waals surface area contributed by atoms with Gasteiger partial charge in [0.1, 0.15) is 5.69 Å². The second-order valence-electron chi connectivity index (χ2n) is 4.09. The average molecular weight is 208 g/mol. The first-order chi connectivity index (χ1) is 6.86. The third-order valence-electron chi connectivity index (χ3n) is 2.72. The number of nitrogens with zero attached hydrogens (tertiary/aromatic N) is 2. The summed E-state index contributed by atoms with van der Waals surface area (Å²) in [7, 11) is 0. The standard InChI is InChI=1S/C11H16N2O2/c1-6(2)10-11(13(14)15)8(4)7(3)9(5)12-10/h6H,1-5H3. The lowest BCUT2D eigenvalue weighted by Crippen LogP contribution is -2.06. The third-order valence-corrected chi connectivity index (χ3v) is 2.72. The molecule has 1 aromatic rings. The molecule has 0 atom stereocenters. The highest BCUT2D eigenvalue weighted by Crippen LogP contribution is 2.30. The van der Waals surface area contributed by atoms with Crippen LogP contribution < -0.4 is 0 Å². The molecule has 0 radical (unpaired) electrons. The lowest BCUT2D eigenvalue weighted by molar-refractivity contribution is -0.386. The van der Waals surface area contributed by atoms with Gasteiger partial charge >= 0.3 is 0 Å². The zero-order chi connectivity index (χ0) is 11.7. The van der Waals surface area contributed by atoms with Gasteiger partial charge < -0.3 is 0 Å². The van der Waals surface area contributed by atoms with Crippen LogP contribution in [0, 0.1) is 30.9 Å². The van der Waals surface area contributed by atoms with E-state index in [4.69, 9.17) is 0 Å². The number of nitro groups is 1. The van der Waals surface area contributed by atoms with Crippen LogP contribution in [0.5, 0.6) is 0 Å². The number of rotatable bonds is 2. The third kappa shape index (κ3) is 1.98. The van der Waals surface area contributed by atoms with Crippen LogP contribution in [-0.4, -0.2) is 9.91 Å². The van der Waals surface area contributed by atoms with Crippen LogP contribution in [0.15, 0.2) is 0 Å². The summed E-state index contributed by atoms with van der Waals surface area (Å²) in [6.07, 6.45) is 0. The molecule has 0 fully saturated rings. The Kier molecular flexibility index (Phi) is 3.07. The Morgan fingerprint density at radius 2 is 1.73 bits per heavy atom. The minimum Gasteiger partial charge on any atom is -0.258 e. The molecule has 4 heteroatoms. The molecule has 0 unspecified atom stereocenters. The molecule has 0 saturated heterocycles. The zero-order valence-electron chi connectivity index (χ0n) is 9.79. The van der Waals surface area contributed by atoms with E-state index in [1.54, 1.807) is 6.92 Å². The topological polar surface area (TPSA) is 56.0 Å². The van der Waals surface area contributed by atoms with Gasteiger partial charge in [-0.3, -0.25) is 15.1 Å². The highest BCUT2D eigenvalue weighted by Gasteiger charge is 2.23. The van der Waals surface area contributed by atoms with Crippen LogP contribution in [0.4, 0.5) is 5.69 Å². The van der Waals surface area contributed by atoms with Crippen molar-refractivity contribution >= 4 is 5.69 Å². The second kappa shape index (κ2) is 3.96. The van der Waals surface area contributed by atoms with E-state index in [0.717, 1.165) is 16.8 Å². The maximum absolute atomic E-state index is 11.0. The van der Waals surface area contributed by atoms with E-state index in [-0.39, 0.29) is 16.5 Å². The quantitative estimate of drug-likeness (QED) is 0.554. The van der Waals surface area contributed by atoms with E-state index >= 15 is 0 Å². The summed E-state index contributed by atoms with van der Waals surface area (Å²) in [5.41, 5.74) is 3.28. The molecule has 0 N–H and O–H groups in total. The molecule has 0 bridgehead atoms. The van der Waals surface area contributed by atoms with E-state index in [1.807, 2.05) is 27.7 Å². The Morgan fingerprint density at radius 1 is 1.20 bits per heavy atom. The van der Waals surface area contributed by atoms with Gasteiger partial charge in [-0.1, -0.05) is 13.8 Å². The Bertz CT molecular complexity index is 412.